The Morgan fingerprint density at radius 1 is 0.590 bits per heavy atom. The van der Waals surface area contributed by atoms with Crippen LogP contribution >= 0.6 is 0 Å². The van der Waals surface area contributed by atoms with E-state index in [4.69, 9.17) is 15.2 Å². The average molecular weight is 552 g/mol. The molecule has 0 amide bonds. The van der Waals surface area contributed by atoms with Gasteiger partial charge in [0.2, 0.25) is 0 Å². The molecule has 39 heavy (non-hydrogen) atoms. The molecule has 4 heteroatoms. The first-order valence-corrected chi connectivity index (χ1v) is 17.4. The van der Waals surface area contributed by atoms with Gasteiger partial charge in [0.25, 0.3) is 0 Å². The Morgan fingerprint density at radius 3 is 1.46 bits per heavy atom. The second-order valence-electron chi connectivity index (χ2n) is 11.6. The van der Waals surface area contributed by atoms with E-state index in [2.05, 4.69) is 26.0 Å². The fourth-order valence-corrected chi connectivity index (χ4v) is 4.99. The van der Waals surface area contributed by atoms with E-state index in [-0.39, 0.29) is 12.1 Å². The van der Waals surface area contributed by atoms with E-state index >= 15 is 0 Å². The number of hydrogen-bond acceptors (Lipinski definition) is 4. The Bertz CT molecular complexity index is 508. The van der Waals surface area contributed by atoms with Crippen LogP contribution in [0.4, 0.5) is 0 Å². The molecule has 1 atom stereocenters. The summed E-state index contributed by atoms with van der Waals surface area (Å²) in [7, 11) is 0. The summed E-state index contributed by atoms with van der Waals surface area (Å²) in [6, 6.07) is 0. The number of carbonyl (C=O) groups excluding carboxylic acids is 1. The molecule has 0 heterocycles. The van der Waals surface area contributed by atoms with Gasteiger partial charge in [-0.25, -0.2) is 0 Å². The third-order valence-corrected chi connectivity index (χ3v) is 7.65. The molecule has 4 nitrogen and oxygen atoms in total. The quantitative estimate of drug-likeness (QED) is 0.0513. The van der Waals surface area contributed by atoms with Crippen molar-refractivity contribution in [2.75, 3.05) is 19.8 Å². The van der Waals surface area contributed by atoms with Gasteiger partial charge in [-0.05, 0) is 38.5 Å². The number of unbranched alkanes of at least 4 members (excludes halogenated alkanes) is 22. The fraction of sp³-hybridized carbons (Fsp3) is 0.914. The van der Waals surface area contributed by atoms with Gasteiger partial charge in [0.05, 0.1) is 6.61 Å². The van der Waals surface area contributed by atoms with Crippen molar-refractivity contribution < 1.29 is 14.3 Å². The highest BCUT2D eigenvalue weighted by molar-refractivity contribution is 5.69. The van der Waals surface area contributed by atoms with Gasteiger partial charge < -0.3 is 15.2 Å². The van der Waals surface area contributed by atoms with E-state index in [0.717, 1.165) is 25.9 Å². The predicted octanol–water partition coefficient (Wildman–Crippen LogP) is 10.6. The van der Waals surface area contributed by atoms with Crippen LogP contribution in [0.1, 0.15) is 181 Å². The van der Waals surface area contributed by atoms with Crippen molar-refractivity contribution in [3.8, 4) is 0 Å². The lowest BCUT2D eigenvalue weighted by molar-refractivity contribution is -0.151. The van der Waals surface area contributed by atoms with E-state index in [1.807, 2.05) is 0 Å². The van der Waals surface area contributed by atoms with Crippen LogP contribution < -0.4 is 5.73 Å². The first kappa shape index (κ1) is 38.1. The zero-order valence-electron chi connectivity index (χ0n) is 26.5. The van der Waals surface area contributed by atoms with Crippen molar-refractivity contribution in [1.29, 1.82) is 0 Å². The molecule has 0 radical (unpaired) electrons. The van der Waals surface area contributed by atoms with E-state index in [9.17, 15) is 4.79 Å². The van der Waals surface area contributed by atoms with E-state index in [1.54, 1.807) is 0 Å². The van der Waals surface area contributed by atoms with E-state index in [1.165, 1.54) is 141 Å². The molecule has 0 saturated carbocycles. The maximum Gasteiger partial charge on any atom is 0.306 e. The molecule has 0 aromatic rings. The van der Waals surface area contributed by atoms with Gasteiger partial charge in [-0.2, -0.15) is 0 Å². The summed E-state index contributed by atoms with van der Waals surface area (Å²) in [4.78, 5) is 12.2. The van der Waals surface area contributed by atoms with Crippen LogP contribution in [0, 0.1) is 0 Å². The number of hydrogen-bond donors (Lipinski definition) is 1. The van der Waals surface area contributed by atoms with Crippen LogP contribution in [0.5, 0.6) is 0 Å². The lowest BCUT2D eigenvalue weighted by atomic mass is 10.1. The van der Waals surface area contributed by atoms with Gasteiger partial charge in [-0.3, -0.25) is 4.79 Å². The molecule has 1 unspecified atom stereocenters. The van der Waals surface area contributed by atoms with Crippen molar-refractivity contribution in [3.63, 3.8) is 0 Å². The lowest BCUT2D eigenvalue weighted by Gasteiger charge is -2.16. The molecule has 2 N–H and O–H groups in total. The Morgan fingerprint density at radius 2 is 1.00 bits per heavy atom. The molecule has 0 aromatic heterocycles. The number of ether oxygens (including phenoxy) is 2. The largest absolute Gasteiger partial charge is 0.459 e. The molecule has 0 aliphatic carbocycles. The Kier molecular flexibility index (Phi) is 32.6. The Balaban J connectivity index is 3.44. The summed E-state index contributed by atoms with van der Waals surface area (Å²) >= 11 is 0. The summed E-state index contributed by atoms with van der Waals surface area (Å²) in [6.45, 7) is 6.04. The van der Waals surface area contributed by atoms with Gasteiger partial charge in [-0.15, -0.1) is 0 Å². The normalized spacial score (nSPS) is 12.4. The Hall–Kier alpha value is -0.870. The molecular weight excluding hydrogens is 482 g/mol. The molecule has 0 fully saturated rings. The second-order valence-corrected chi connectivity index (χ2v) is 11.6. The maximum absolute atomic E-state index is 12.2. The van der Waals surface area contributed by atoms with Crippen LogP contribution in [0.25, 0.3) is 0 Å². The fourth-order valence-electron chi connectivity index (χ4n) is 4.99. The van der Waals surface area contributed by atoms with Crippen LogP contribution in [-0.2, 0) is 14.3 Å². The number of rotatable bonds is 32. The lowest BCUT2D eigenvalue weighted by Crippen LogP contribution is -2.31. The maximum atomic E-state index is 12.2. The summed E-state index contributed by atoms with van der Waals surface area (Å²) in [6.07, 6.45) is 37.4. The number of esters is 1. The van der Waals surface area contributed by atoms with Gasteiger partial charge in [0, 0.05) is 19.6 Å². The monoisotopic (exact) mass is 552 g/mol. The van der Waals surface area contributed by atoms with Gasteiger partial charge >= 0.3 is 5.97 Å². The summed E-state index contributed by atoms with van der Waals surface area (Å²) in [5.41, 5.74) is 5.80. The minimum atomic E-state index is -0.307. The molecule has 0 aliphatic heterocycles. The predicted molar refractivity (Wildman–Crippen MR) is 170 cm³/mol. The van der Waals surface area contributed by atoms with Crippen molar-refractivity contribution in [2.45, 2.75) is 187 Å². The Labute approximate surface area is 244 Å². The summed E-state index contributed by atoms with van der Waals surface area (Å²) in [5.74, 6) is -0.128. The minimum absolute atomic E-state index is 0.128. The van der Waals surface area contributed by atoms with Gasteiger partial charge in [-0.1, -0.05) is 148 Å². The zero-order chi connectivity index (χ0) is 28.5. The van der Waals surface area contributed by atoms with Crippen LogP contribution in [-0.4, -0.2) is 31.8 Å². The average Bonchev–Trinajstić information content (AvgIpc) is 2.94. The highest BCUT2D eigenvalue weighted by Crippen LogP contribution is 2.13. The van der Waals surface area contributed by atoms with Gasteiger partial charge in [0.15, 0.2) is 0 Å². The number of nitrogens with two attached hydrogens (primary N) is 1. The molecule has 0 bridgehead atoms. The summed E-state index contributed by atoms with van der Waals surface area (Å²) < 4.78 is 11.3. The topological polar surface area (TPSA) is 61.5 Å². The first-order chi connectivity index (χ1) is 19.2. The zero-order valence-corrected chi connectivity index (χ0v) is 26.5. The van der Waals surface area contributed by atoms with Crippen molar-refractivity contribution >= 4 is 5.97 Å². The minimum Gasteiger partial charge on any atom is -0.459 e. The van der Waals surface area contributed by atoms with Crippen molar-refractivity contribution in [1.82, 2.24) is 0 Å². The highest BCUT2D eigenvalue weighted by atomic mass is 16.6. The van der Waals surface area contributed by atoms with Crippen molar-refractivity contribution in [3.05, 3.63) is 12.2 Å². The van der Waals surface area contributed by atoms with Crippen molar-refractivity contribution in [2.24, 2.45) is 5.73 Å². The first-order valence-electron chi connectivity index (χ1n) is 17.4. The van der Waals surface area contributed by atoms with E-state index in [0.29, 0.717) is 19.6 Å². The molecular formula is C35H69NO3. The molecule has 0 spiro atoms. The van der Waals surface area contributed by atoms with Crippen LogP contribution in [0.3, 0.4) is 0 Å². The highest BCUT2D eigenvalue weighted by Gasteiger charge is 2.12. The third-order valence-electron chi connectivity index (χ3n) is 7.65. The number of allylic oxidation sites excluding steroid dienone is 2. The SMILES string of the molecule is CCCCCCCCC=CCCCCCCCC(=O)OC(CN)COCCCCCCCCCCCCCC. The molecule has 0 aliphatic rings. The molecule has 232 valence electrons. The smallest absolute Gasteiger partial charge is 0.306 e. The standard InChI is InChI=1S/C35H69NO3/c1-3-5-7-9-11-13-15-17-18-19-20-22-24-26-28-30-35(37)39-34(32-36)33-38-31-29-27-25-23-21-16-14-12-10-8-6-4-2/h17-18,34H,3-16,19-33,36H2,1-2H3. The second kappa shape index (κ2) is 33.3. The molecule has 0 saturated heterocycles. The van der Waals surface area contributed by atoms with Crippen LogP contribution in [0.2, 0.25) is 0 Å². The summed E-state index contributed by atoms with van der Waals surface area (Å²) in [5, 5.41) is 0. The van der Waals surface area contributed by atoms with Crippen LogP contribution in [0.15, 0.2) is 12.2 Å². The number of carbonyl (C=O) groups is 1. The van der Waals surface area contributed by atoms with E-state index < -0.39 is 0 Å². The van der Waals surface area contributed by atoms with Gasteiger partial charge in [0.1, 0.15) is 6.10 Å². The molecule has 0 aromatic carbocycles. The molecule has 0 rings (SSSR count). The third kappa shape index (κ3) is 31.5.